The summed E-state index contributed by atoms with van der Waals surface area (Å²) < 4.78 is 25.5. The van der Waals surface area contributed by atoms with Gasteiger partial charge >= 0.3 is 0 Å². The van der Waals surface area contributed by atoms with Crippen LogP contribution in [-0.2, 0) is 9.47 Å². The molecule has 192 valence electrons. The third kappa shape index (κ3) is 7.32. The van der Waals surface area contributed by atoms with E-state index in [4.69, 9.17) is 9.47 Å². The average molecular weight is 487 g/mol. The van der Waals surface area contributed by atoms with Crippen molar-refractivity contribution in [2.24, 2.45) is 5.41 Å². The molecule has 0 radical (unpaired) electrons. The van der Waals surface area contributed by atoms with Crippen LogP contribution in [0.5, 0.6) is 0 Å². The molecule has 0 amide bonds. The number of pyridine rings is 1. The molecule has 0 spiro atoms. The topological polar surface area (TPSA) is 93.2 Å². The Morgan fingerprint density at radius 3 is 2.60 bits per heavy atom. The second kappa shape index (κ2) is 12.1. The largest absolute Gasteiger partial charge is 0.383 e. The summed E-state index contributed by atoms with van der Waals surface area (Å²) >= 11 is 0. The minimum Gasteiger partial charge on any atom is -0.383 e. The molecule has 3 N–H and O–H groups in total. The molecule has 0 bridgehead atoms. The lowest BCUT2D eigenvalue weighted by molar-refractivity contribution is 0.0299. The Bertz CT molecular complexity index is 947. The van der Waals surface area contributed by atoms with Crippen molar-refractivity contribution in [3.05, 3.63) is 30.3 Å². The Morgan fingerprint density at radius 1 is 1.11 bits per heavy atom. The SMILES string of the molecule is COC[C@@H](C)NC1CCC(Nc2cc(-c3cnnc(NCC4(C)CCOCC4)c3)c(F)cn2)CC1. The van der Waals surface area contributed by atoms with Crippen LogP contribution in [-0.4, -0.2) is 66.8 Å². The van der Waals surface area contributed by atoms with E-state index in [1.807, 2.05) is 6.07 Å². The molecule has 1 saturated carbocycles. The van der Waals surface area contributed by atoms with E-state index in [1.165, 1.54) is 6.20 Å². The molecule has 9 heteroatoms. The third-order valence-corrected chi connectivity index (χ3v) is 7.23. The minimum absolute atomic E-state index is 0.158. The lowest BCUT2D eigenvalue weighted by atomic mass is 9.82. The van der Waals surface area contributed by atoms with Crippen molar-refractivity contribution >= 4 is 11.6 Å². The molecule has 0 aromatic carbocycles. The van der Waals surface area contributed by atoms with Crippen LogP contribution >= 0.6 is 0 Å². The van der Waals surface area contributed by atoms with Crippen LogP contribution in [0.2, 0.25) is 0 Å². The number of halogens is 1. The highest BCUT2D eigenvalue weighted by Crippen LogP contribution is 2.31. The smallest absolute Gasteiger partial charge is 0.149 e. The van der Waals surface area contributed by atoms with Gasteiger partial charge in [0.05, 0.1) is 19.0 Å². The summed E-state index contributed by atoms with van der Waals surface area (Å²) in [6.45, 7) is 7.47. The summed E-state index contributed by atoms with van der Waals surface area (Å²) in [6, 6.07) is 4.82. The van der Waals surface area contributed by atoms with Crippen LogP contribution in [0.15, 0.2) is 24.5 Å². The first-order valence-electron chi connectivity index (χ1n) is 12.8. The second-order valence-corrected chi connectivity index (χ2v) is 10.4. The van der Waals surface area contributed by atoms with Crippen molar-refractivity contribution in [1.29, 1.82) is 0 Å². The van der Waals surface area contributed by atoms with Crippen molar-refractivity contribution in [3.8, 4) is 11.1 Å². The lowest BCUT2D eigenvalue weighted by Gasteiger charge is -2.33. The van der Waals surface area contributed by atoms with E-state index in [0.717, 1.165) is 64.9 Å². The van der Waals surface area contributed by atoms with Gasteiger partial charge < -0.3 is 25.4 Å². The van der Waals surface area contributed by atoms with Gasteiger partial charge in [0.2, 0.25) is 0 Å². The summed E-state index contributed by atoms with van der Waals surface area (Å²) in [5, 5.41) is 18.9. The fraction of sp³-hybridized carbons (Fsp3) is 0.654. The van der Waals surface area contributed by atoms with E-state index in [9.17, 15) is 4.39 Å². The van der Waals surface area contributed by atoms with Crippen molar-refractivity contribution in [2.75, 3.05) is 44.1 Å². The van der Waals surface area contributed by atoms with Crippen molar-refractivity contribution in [1.82, 2.24) is 20.5 Å². The predicted octanol–water partition coefficient (Wildman–Crippen LogP) is 4.25. The second-order valence-electron chi connectivity index (χ2n) is 10.4. The fourth-order valence-corrected chi connectivity index (χ4v) is 5.00. The van der Waals surface area contributed by atoms with Gasteiger partial charge in [0, 0.05) is 56.1 Å². The Kier molecular flexibility index (Phi) is 8.86. The molecule has 8 nitrogen and oxygen atoms in total. The minimum atomic E-state index is -0.370. The molecule has 35 heavy (non-hydrogen) atoms. The first kappa shape index (κ1) is 25.7. The monoisotopic (exact) mass is 486 g/mol. The fourth-order valence-electron chi connectivity index (χ4n) is 5.00. The van der Waals surface area contributed by atoms with E-state index in [-0.39, 0.29) is 11.2 Å². The first-order chi connectivity index (χ1) is 16.9. The van der Waals surface area contributed by atoms with Gasteiger partial charge in [0.25, 0.3) is 0 Å². The number of aromatic nitrogens is 3. The zero-order chi connectivity index (χ0) is 24.7. The number of hydrogen-bond acceptors (Lipinski definition) is 8. The zero-order valence-corrected chi connectivity index (χ0v) is 21.1. The molecule has 0 unspecified atom stereocenters. The van der Waals surface area contributed by atoms with Crippen molar-refractivity contribution < 1.29 is 13.9 Å². The molecule has 4 rings (SSSR count). The Morgan fingerprint density at radius 2 is 1.86 bits per heavy atom. The summed E-state index contributed by atoms with van der Waals surface area (Å²) in [7, 11) is 1.73. The van der Waals surface area contributed by atoms with Gasteiger partial charge in [-0.3, -0.25) is 0 Å². The first-order valence-corrected chi connectivity index (χ1v) is 12.8. The van der Waals surface area contributed by atoms with E-state index < -0.39 is 0 Å². The number of anilines is 2. The van der Waals surface area contributed by atoms with E-state index >= 15 is 0 Å². The average Bonchev–Trinajstić information content (AvgIpc) is 2.86. The summed E-state index contributed by atoms with van der Waals surface area (Å²) in [4.78, 5) is 4.30. The number of nitrogens with zero attached hydrogens (tertiary/aromatic N) is 3. The maximum atomic E-state index is 14.7. The molecule has 2 aromatic rings. The maximum absolute atomic E-state index is 14.7. The van der Waals surface area contributed by atoms with Crippen LogP contribution in [0.3, 0.4) is 0 Å². The molecular formula is C26H39FN6O2. The molecule has 2 fully saturated rings. The molecule has 1 saturated heterocycles. The van der Waals surface area contributed by atoms with Crippen LogP contribution in [0, 0.1) is 11.2 Å². The van der Waals surface area contributed by atoms with Crippen molar-refractivity contribution in [3.63, 3.8) is 0 Å². The molecule has 1 aliphatic heterocycles. The maximum Gasteiger partial charge on any atom is 0.149 e. The van der Waals surface area contributed by atoms with Gasteiger partial charge in [-0.2, -0.15) is 5.10 Å². The normalized spacial score (nSPS) is 23.0. The number of nitrogens with one attached hydrogen (secondary N) is 3. The van der Waals surface area contributed by atoms with Gasteiger partial charge in [-0.25, -0.2) is 9.37 Å². The molecule has 1 atom stereocenters. The number of hydrogen-bond donors (Lipinski definition) is 3. The Hall–Kier alpha value is -2.36. The Labute approximate surface area is 207 Å². The molecule has 2 aromatic heterocycles. The molecule has 1 aliphatic carbocycles. The van der Waals surface area contributed by atoms with Gasteiger partial charge in [0.15, 0.2) is 0 Å². The zero-order valence-electron chi connectivity index (χ0n) is 21.1. The van der Waals surface area contributed by atoms with E-state index in [2.05, 4.69) is 45.0 Å². The van der Waals surface area contributed by atoms with Gasteiger partial charge in [-0.05, 0) is 63.0 Å². The predicted molar refractivity (Wildman–Crippen MR) is 136 cm³/mol. The van der Waals surface area contributed by atoms with Crippen molar-refractivity contribution in [2.45, 2.75) is 70.5 Å². The molecule has 3 heterocycles. The van der Waals surface area contributed by atoms with Gasteiger partial charge in [-0.1, -0.05) is 6.92 Å². The quantitative estimate of drug-likeness (QED) is 0.459. The van der Waals surface area contributed by atoms with Crippen LogP contribution in [0.4, 0.5) is 16.0 Å². The number of rotatable bonds is 10. The van der Waals surface area contributed by atoms with E-state index in [1.54, 1.807) is 19.4 Å². The highest BCUT2D eigenvalue weighted by Gasteiger charge is 2.27. The third-order valence-electron chi connectivity index (χ3n) is 7.23. The molecular weight excluding hydrogens is 447 g/mol. The van der Waals surface area contributed by atoms with Crippen LogP contribution < -0.4 is 16.0 Å². The van der Waals surface area contributed by atoms with Gasteiger partial charge in [0.1, 0.15) is 17.5 Å². The van der Waals surface area contributed by atoms with Gasteiger partial charge in [-0.15, -0.1) is 5.10 Å². The lowest BCUT2D eigenvalue weighted by Crippen LogP contribution is -2.42. The number of methoxy groups -OCH3 is 1. The Balaban J connectivity index is 1.36. The standard InChI is InChI=1S/C26H39FN6O2/c1-18(16-34-3)31-20-4-6-21(7-5-20)32-24-13-22(23(27)15-28-24)19-12-25(33-30-14-19)29-17-26(2)8-10-35-11-9-26/h12-15,18,20-21,31H,4-11,16-17H2,1-3H3,(H,28,32)(H,29,33)/t18-,20?,21?/m1/s1. The highest BCUT2D eigenvalue weighted by atomic mass is 19.1. The summed E-state index contributed by atoms with van der Waals surface area (Å²) in [5.41, 5.74) is 1.31. The van der Waals surface area contributed by atoms with Crippen LogP contribution in [0.1, 0.15) is 52.4 Å². The number of ether oxygens (including phenoxy) is 2. The van der Waals surface area contributed by atoms with E-state index in [0.29, 0.717) is 40.9 Å². The summed E-state index contributed by atoms with van der Waals surface area (Å²) in [5.74, 6) is 0.965. The molecule has 2 aliphatic rings. The summed E-state index contributed by atoms with van der Waals surface area (Å²) in [6.07, 6.45) is 9.16. The highest BCUT2D eigenvalue weighted by molar-refractivity contribution is 5.68. The van der Waals surface area contributed by atoms with Crippen LogP contribution in [0.25, 0.3) is 11.1 Å².